The van der Waals surface area contributed by atoms with Crippen molar-refractivity contribution in [1.82, 2.24) is 4.90 Å². The fourth-order valence-corrected chi connectivity index (χ4v) is 3.07. The predicted molar refractivity (Wildman–Crippen MR) is 72.9 cm³/mol. The highest BCUT2D eigenvalue weighted by atomic mass is 16.6. The van der Waals surface area contributed by atoms with E-state index in [1.54, 1.807) is 4.90 Å². The number of ether oxygens (including phenoxy) is 2. The van der Waals surface area contributed by atoms with Crippen LogP contribution in [0, 0.1) is 5.41 Å². The maximum absolute atomic E-state index is 12.2. The van der Waals surface area contributed by atoms with Crippen molar-refractivity contribution < 1.29 is 14.3 Å². The summed E-state index contributed by atoms with van der Waals surface area (Å²) in [7, 11) is 0. The molecule has 2 aliphatic rings. The number of amides is 1. The van der Waals surface area contributed by atoms with Crippen molar-refractivity contribution >= 4 is 6.09 Å². The molecule has 2 N–H and O–H groups in total. The van der Waals surface area contributed by atoms with Crippen LogP contribution in [-0.2, 0) is 9.47 Å². The summed E-state index contributed by atoms with van der Waals surface area (Å²) in [4.78, 5) is 14.0. The van der Waals surface area contributed by atoms with E-state index in [1.165, 1.54) is 0 Å². The third-order valence-corrected chi connectivity index (χ3v) is 4.05. The second kappa shape index (κ2) is 5.29. The van der Waals surface area contributed by atoms with Gasteiger partial charge in [0.05, 0.1) is 6.10 Å². The van der Waals surface area contributed by atoms with E-state index in [4.69, 9.17) is 15.2 Å². The number of nitrogens with zero attached hydrogens (tertiary/aromatic N) is 1. The van der Waals surface area contributed by atoms with E-state index in [9.17, 15) is 4.79 Å². The van der Waals surface area contributed by atoms with Crippen LogP contribution in [0.2, 0.25) is 0 Å². The zero-order valence-corrected chi connectivity index (χ0v) is 12.3. The Labute approximate surface area is 115 Å². The zero-order chi connectivity index (χ0) is 14.1. The van der Waals surface area contributed by atoms with Gasteiger partial charge in [0.1, 0.15) is 5.60 Å². The Kier molecular flexibility index (Phi) is 4.06. The third-order valence-electron chi connectivity index (χ3n) is 4.05. The molecule has 0 spiro atoms. The van der Waals surface area contributed by atoms with E-state index in [1.807, 2.05) is 20.8 Å². The number of fused-ring (bicyclic) bond motifs is 1. The van der Waals surface area contributed by atoms with E-state index < -0.39 is 5.60 Å². The van der Waals surface area contributed by atoms with Crippen molar-refractivity contribution in [3.8, 4) is 0 Å². The van der Waals surface area contributed by atoms with Crippen molar-refractivity contribution in [2.24, 2.45) is 11.1 Å². The zero-order valence-electron chi connectivity index (χ0n) is 12.3. The SMILES string of the molecule is CC(C)(C)OC(=O)N1CC[C@H]2OCCC[C@@]2(CN)C1. The summed E-state index contributed by atoms with van der Waals surface area (Å²) >= 11 is 0. The van der Waals surface area contributed by atoms with Gasteiger partial charge in [-0.15, -0.1) is 0 Å². The molecule has 0 aromatic carbocycles. The minimum Gasteiger partial charge on any atom is -0.444 e. The summed E-state index contributed by atoms with van der Waals surface area (Å²) in [5, 5.41) is 0. The maximum atomic E-state index is 12.2. The van der Waals surface area contributed by atoms with Gasteiger partial charge in [0.2, 0.25) is 0 Å². The number of piperidine rings is 1. The van der Waals surface area contributed by atoms with Crippen molar-refractivity contribution in [2.45, 2.75) is 51.7 Å². The number of rotatable bonds is 1. The number of hydrogen-bond donors (Lipinski definition) is 1. The highest BCUT2D eigenvalue weighted by molar-refractivity contribution is 5.68. The van der Waals surface area contributed by atoms with Crippen LogP contribution in [0.5, 0.6) is 0 Å². The Morgan fingerprint density at radius 3 is 2.89 bits per heavy atom. The molecule has 0 saturated carbocycles. The molecule has 110 valence electrons. The summed E-state index contributed by atoms with van der Waals surface area (Å²) in [6.07, 6.45) is 2.88. The largest absolute Gasteiger partial charge is 0.444 e. The topological polar surface area (TPSA) is 64.8 Å². The Morgan fingerprint density at radius 1 is 1.53 bits per heavy atom. The van der Waals surface area contributed by atoms with Crippen LogP contribution in [-0.4, -0.2) is 48.9 Å². The summed E-state index contributed by atoms with van der Waals surface area (Å²) < 4.78 is 11.3. The standard InChI is InChI=1S/C14H26N2O3/c1-13(2,3)19-12(17)16-7-5-11-14(9-15,10-16)6-4-8-18-11/h11H,4-10,15H2,1-3H3/t11-,14-/m1/s1. The molecule has 0 aromatic heterocycles. The lowest BCUT2D eigenvalue weighted by atomic mass is 9.72. The van der Waals surface area contributed by atoms with Gasteiger partial charge in [-0.1, -0.05) is 0 Å². The highest BCUT2D eigenvalue weighted by Crippen LogP contribution is 2.39. The van der Waals surface area contributed by atoms with E-state index in [0.717, 1.165) is 25.9 Å². The fourth-order valence-electron chi connectivity index (χ4n) is 3.07. The minimum atomic E-state index is -0.452. The second-order valence-corrected chi connectivity index (χ2v) is 6.72. The molecule has 2 saturated heterocycles. The molecule has 2 atom stereocenters. The van der Waals surface area contributed by atoms with Gasteiger partial charge in [0.15, 0.2) is 0 Å². The minimum absolute atomic E-state index is 0.0760. The van der Waals surface area contributed by atoms with Crippen molar-refractivity contribution in [1.29, 1.82) is 0 Å². The van der Waals surface area contributed by atoms with E-state index >= 15 is 0 Å². The lowest BCUT2D eigenvalue weighted by Gasteiger charge is -2.49. The molecular weight excluding hydrogens is 244 g/mol. The van der Waals surface area contributed by atoms with Gasteiger partial charge >= 0.3 is 6.09 Å². The molecule has 0 aromatic rings. The molecule has 1 amide bonds. The van der Waals surface area contributed by atoms with Gasteiger partial charge in [-0.3, -0.25) is 0 Å². The number of carbonyl (C=O) groups excluding carboxylic acids is 1. The van der Waals surface area contributed by atoms with Crippen LogP contribution in [0.15, 0.2) is 0 Å². The first-order chi connectivity index (χ1) is 8.86. The van der Waals surface area contributed by atoms with Crippen molar-refractivity contribution in [3.05, 3.63) is 0 Å². The van der Waals surface area contributed by atoms with Crippen molar-refractivity contribution in [3.63, 3.8) is 0 Å². The Hall–Kier alpha value is -0.810. The normalized spacial score (nSPS) is 31.8. The molecule has 2 heterocycles. The number of nitrogens with two attached hydrogens (primary N) is 1. The molecule has 0 aliphatic carbocycles. The first-order valence-corrected chi connectivity index (χ1v) is 7.16. The Balaban J connectivity index is 2.04. The molecule has 0 bridgehead atoms. The summed E-state index contributed by atoms with van der Waals surface area (Å²) in [5.41, 5.74) is 5.45. The molecule has 2 aliphatic heterocycles. The highest BCUT2D eigenvalue weighted by Gasteiger charge is 2.46. The molecule has 5 heteroatoms. The lowest BCUT2D eigenvalue weighted by Crippen LogP contribution is -2.59. The van der Waals surface area contributed by atoms with Crippen LogP contribution in [0.3, 0.4) is 0 Å². The lowest BCUT2D eigenvalue weighted by molar-refractivity contribution is -0.119. The van der Waals surface area contributed by atoms with Crippen LogP contribution in [0.25, 0.3) is 0 Å². The molecule has 5 nitrogen and oxygen atoms in total. The number of likely N-dealkylation sites (tertiary alicyclic amines) is 1. The quantitative estimate of drug-likeness (QED) is 0.788. The van der Waals surface area contributed by atoms with Crippen LogP contribution in [0.1, 0.15) is 40.0 Å². The second-order valence-electron chi connectivity index (χ2n) is 6.72. The summed E-state index contributed by atoms with van der Waals surface area (Å²) in [5.74, 6) is 0. The van der Waals surface area contributed by atoms with E-state index in [-0.39, 0.29) is 17.6 Å². The number of carbonyl (C=O) groups is 1. The van der Waals surface area contributed by atoms with Crippen LogP contribution in [0.4, 0.5) is 4.79 Å². The van der Waals surface area contributed by atoms with Gasteiger partial charge in [0, 0.05) is 31.7 Å². The van der Waals surface area contributed by atoms with Crippen LogP contribution < -0.4 is 5.73 Å². The van der Waals surface area contributed by atoms with Gasteiger partial charge in [-0.25, -0.2) is 4.79 Å². The molecule has 2 fully saturated rings. The van der Waals surface area contributed by atoms with Gasteiger partial charge < -0.3 is 20.1 Å². The van der Waals surface area contributed by atoms with Gasteiger partial charge in [0.25, 0.3) is 0 Å². The molecule has 0 unspecified atom stereocenters. The Bertz CT molecular complexity index is 340. The average Bonchev–Trinajstić information content (AvgIpc) is 2.36. The molecular formula is C14H26N2O3. The van der Waals surface area contributed by atoms with Crippen LogP contribution >= 0.6 is 0 Å². The van der Waals surface area contributed by atoms with Gasteiger partial charge in [-0.2, -0.15) is 0 Å². The molecule has 0 radical (unpaired) electrons. The predicted octanol–water partition coefficient (Wildman–Crippen LogP) is 1.75. The molecule has 2 rings (SSSR count). The van der Waals surface area contributed by atoms with Gasteiger partial charge in [-0.05, 0) is 40.0 Å². The molecule has 19 heavy (non-hydrogen) atoms. The third kappa shape index (κ3) is 3.20. The van der Waals surface area contributed by atoms with E-state index in [2.05, 4.69) is 0 Å². The maximum Gasteiger partial charge on any atom is 0.410 e. The summed E-state index contributed by atoms with van der Waals surface area (Å²) in [6.45, 7) is 8.40. The first-order valence-electron chi connectivity index (χ1n) is 7.16. The summed E-state index contributed by atoms with van der Waals surface area (Å²) in [6, 6.07) is 0. The van der Waals surface area contributed by atoms with E-state index in [0.29, 0.717) is 19.6 Å². The Morgan fingerprint density at radius 2 is 2.26 bits per heavy atom. The average molecular weight is 270 g/mol. The monoisotopic (exact) mass is 270 g/mol. The fraction of sp³-hybridized carbons (Fsp3) is 0.929. The number of hydrogen-bond acceptors (Lipinski definition) is 4. The van der Waals surface area contributed by atoms with Crippen molar-refractivity contribution in [2.75, 3.05) is 26.2 Å². The smallest absolute Gasteiger partial charge is 0.410 e. The first kappa shape index (κ1) is 14.6.